The molecule has 29 heavy (non-hydrogen) atoms. The molecule has 7 nitrogen and oxygen atoms in total. The highest BCUT2D eigenvalue weighted by molar-refractivity contribution is 6.31. The van der Waals surface area contributed by atoms with Gasteiger partial charge >= 0.3 is 0 Å². The molecule has 0 aromatic heterocycles. The lowest BCUT2D eigenvalue weighted by atomic mass is 9.85. The van der Waals surface area contributed by atoms with Gasteiger partial charge in [0.15, 0.2) is 6.17 Å². The molecular formula is C21H28ClN5O2. The lowest BCUT2D eigenvalue weighted by Crippen LogP contribution is -2.70. The maximum absolute atomic E-state index is 13.3. The molecule has 3 aliphatic rings. The minimum atomic E-state index is -0.507. The molecule has 1 aromatic rings. The van der Waals surface area contributed by atoms with Crippen LogP contribution in [-0.4, -0.2) is 52.2 Å². The SMILES string of the molecule is Cc1ccc(Cl)cc1NC(=O)CN1C(=O)C2NN=C(C(C)C)N2C2CCCCC21. The smallest absolute Gasteiger partial charge is 0.268 e. The van der Waals surface area contributed by atoms with E-state index in [0.717, 1.165) is 37.1 Å². The molecule has 0 radical (unpaired) electrons. The number of aryl methyl sites for hydroxylation is 1. The second-order valence-corrected chi connectivity index (χ2v) is 8.89. The number of amides is 2. The Balaban J connectivity index is 1.54. The van der Waals surface area contributed by atoms with Gasteiger partial charge in [0.1, 0.15) is 12.4 Å². The maximum atomic E-state index is 13.3. The van der Waals surface area contributed by atoms with Gasteiger partial charge in [-0.1, -0.05) is 44.4 Å². The fourth-order valence-electron chi connectivity index (χ4n) is 4.71. The number of carbonyl (C=O) groups is 2. The number of benzene rings is 1. The normalized spacial score (nSPS) is 26.0. The van der Waals surface area contributed by atoms with Crippen LogP contribution in [0.1, 0.15) is 45.1 Å². The van der Waals surface area contributed by atoms with Crippen LogP contribution in [0.25, 0.3) is 0 Å². The summed E-state index contributed by atoms with van der Waals surface area (Å²) in [5.41, 5.74) is 4.63. The van der Waals surface area contributed by atoms with Crippen molar-refractivity contribution < 1.29 is 9.59 Å². The third-order valence-electron chi connectivity index (χ3n) is 6.12. The molecule has 4 rings (SSSR count). The van der Waals surface area contributed by atoms with Crippen molar-refractivity contribution in [1.82, 2.24) is 15.2 Å². The molecular weight excluding hydrogens is 390 g/mol. The first-order chi connectivity index (χ1) is 13.9. The minimum Gasteiger partial charge on any atom is -0.325 e. The Morgan fingerprint density at radius 1 is 1.31 bits per heavy atom. The first-order valence-electron chi connectivity index (χ1n) is 10.3. The van der Waals surface area contributed by atoms with Crippen LogP contribution in [0.15, 0.2) is 23.3 Å². The molecule has 0 spiro atoms. The zero-order valence-electron chi connectivity index (χ0n) is 17.1. The summed E-state index contributed by atoms with van der Waals surface area (Å²) in [5.74, 6) is 0.900. The molecule has 2 aliphatic heterocycles. The Labute approximate surface area is 176 Å². The van der Waals surface area contributed by atoms with Crippen LogP contribution >= 0.6 is 11.6 Å². The maximum Gasteiger partial charge on any atom is 0.268 e. The van der Waals surface area contributed by atoms with Crippen LogP contribution in [0.5, 0.6) is 0 Å². The molecule has 2 N–H and O–H groups in total. The summed E-state index contributed by atoms with van der Waals surface area (Å²) >= 11 is 6.06. The average Bonchev–Trinajstić information content (AvgIpc) is 3.14. The molecule has 2 amide bonds. The Kier molecular flexibility index (Phi) is 5.42. The number of hydrazone groups is 1. The standard InChI is InChI=1S/C21H28ClN5O2/c1-12(2)19-24-25-20-21(29)26(16-6-4-5-7-17(16)27(19)20)11-18(28)23-15-10-14(22)9-8-13(15)3/h8-10,12,16-17,20,25H,4-7,11H2,1-3H3,(H,23,28). The number of halogens is 1. The second kappa shape index (κ2) is 7.86. The number of rotatable bonds is 4. The van der Waals surface area contributed by atoms with E-state index in [1.54, 1.807) is 17.0 Å². The van der Waals surface area contributed by atoms with E-state index in [4.69, 9.17) is 11.6 Å². The van der Waals surface area contributed by atoms with Crippen molar-refractivity contribution >= 4 is 34.9 Å². The van der Waals surface area contributed by atoms with Gasteiger partial charge in [-0.15, -0.1) is 0 Å². The van der Waals surface area contributed by atoms with E-state index < -0.39 is 6.17 Å². The zero-order valence-corrected chi connectivity index (χ0v) is 17.9. The lowest BCUT2D eigenvalue weighted by molar-refractivity contribution is -0.151. The highest BCUT2D eigenvalue weighted by atomic mass is 35.5. The number of piperazine rings is 1. The van der Waals surface area contributed by atoms with Gasteiger partial charge < -0.3 is 15.1 Å². The summed E-state index contributed by atoms with van der Waals surface area (Å²) in [5, 5.41) is 7.94. The molecule has 2 heterocycles. The highest BCUT2D eigenvalue weighted by Gasteiger charge is 2.51. The average molecular weight is 418 g/mol. The summed E-state index contributed by atoms with van der Waals surface area (Å²) in [4.78, 5) is 30.0. The van der Waals surface area contributed by atoms with Gasteiger partial charge in [0.25, 0.3) is 5.91 Å². The van der Waals surface area contributed by atoms with Gasteiger partial charge in [0.2, 0.25) is 5.91 Å². The van der Waals surface area contributed by atoms with Crippen LogP contribution in [0.4, 0.5) is 5.69 Å². The van der Waals surface area contributed by atoms with E-state index in [0.29, 0.717) is 10.7 Å². The van der Waals surface area contributed by atoms with Crippen molar-refractivity contribution in [2.75, 3.05) is 11.9 Å². The number of anilines is 1. The van der Waals surface area contributed by atoms with Crippen molar-refractivity contribution in [2.45, 2.75) is 64.7 Å². The van der Waals surface area contributed by atoms with E-state index in [2.05, 4.69) is 34.6 Å². The highest BCUT2D eigenvalue weighted by Crippen LogP contribution is 2.35. The molecule has 2 fully saturated rings. The first-order valence-corrected chi connectivity index (χ1v) is 10.7. The van der Waals surface area contributed by atoms with Crippen LogP contribution in [0.2, 0.25) is 5.02 Å². The Bertz CT molecular complexity index is 855. The van der Waals surface area contributed by atoms with Crippen molar-refractivity contribution in [3.8, 4) is 0 Å². The largest absolute Gasteiger partial charge is 0.325 e. The molecule has 1 saturated carbocycles. The molecule has 156 valence electrons. The molecule has 1 aromatic carbocycles. The Morgan fingerprint density at radius 3 is 2.76 bits per heavy atom. The summed E-state index contributed by atoms with van der Waals surface area (Å²) in [7, 11) is 0. The van der Waals surface area contributed by atoms with Crippen molar-refractivity contribution in [3.63, 3.8) is 0 Å². The van der Waals surface area contributed by atoms with Crippen LogP contribution in [-0.2, 0) is 9.59 Å². The van der Waals surface area contributed by atoms with Gasteiger partial charge in [0, 0.05) is 16.6 Å². The van der Waals surface area contributed by atoms with Crippen LogP contribution < -0.4 is 10.7 Å². The monoisotopic (exact) mass is 417 g/mol. The van der Waals surface area contributed by atoms with Gasteiger partial charge in [-0.05, 0) is 37.5 Å². The van der Waals surface area contributed by atoms with Crippen molar-refractivity contribution in [3.05, 3.63) is 28.8 Å². The number of hydrogen-bond acceptors (Lipinski definition) is 5. The minimum absolute atomic E-state index is 0.0301. The number of hydrogen-bond donors (Lipinski definition) is 2. The molecule has 0 bridgehead atoms. The summed E-state index contributed by atoms with van der Waals surface area (Å²) in [6.07, 6.45) is 3.61. The van der Waals surface area contributed by atoms with Gasteiger partial charge in [-0.25, -0.2) is 0 Å². The zero-order chi connectivity index (χ0) is 20.7. The lowest BCUT2D eigenvalue weighted by Gasteiger charge is -2.51. The van der Waals surface area contributed by atoms with Crippen LogP contribution in [0, 0.1) is 12.8 Å². The summed E-state index contributed by atoms with van der Waals surface area (Å²) in [6, 6.07) is 5.62. The molecule has 3 unspecified atom stereocenters. The second-order valence-electron chi connectivity index (χ2n) is 8.46. The van der Waals surface area contributed by atoms with E-state index in [9.17, 15) is 9.59 Å². The Morgan fingerprint density at radius 2 is 2.03 bits per heavy atom. The molecule has 1 aliphatic carbocycles. The number of carbonyl (C=O) groups excluding carboxylic acids is 2. The number of nitrogens with zero attached hydrogens (tertiary/aromatic N) is 3. The number of fused-ring (bicyclic) bond motifs is 3. The molecule has 3 atom stereocenters. The Hall–Kier alpha value is -2.28. The summed E-state index contributed by atoms with van der Waals surface area (Å²) < 4.78 is 0. The van der Waals surface area contributed by atoms with Crippen molar-refractivity contribution in [1.29, 1.82) is 0 Å². The van der Waals surface area contributed by atoms with Crippen molar-refractivity contribution in [2.24, 2.45) is 11.0 Å². The van der Waals surface area contributed by atoms with Gasteiger partial charge in [-0.3, -0.25) is 15.0 Å². The van der Waals surface area contributed by atoms with E-state index in [1.807, 2.05) is 13.0 Å². The quantitative estimate of drug-likeness (QED) is 0.789. The molecule has 8 heteroatoms. The number of amidine groups is 1. The van der Waals surface area contributed by atoms with E-state index >= 15 is 0 Å². The fraction of sp³-hybridized carbons (Fsp3) is 0.571. The predicted octanol–water partition coefficient (Wildman–Crippen LogP) is 2.94. The van der Waals surface area contributed by atoms with E-state index in [-0.39, 0.29) is 36.4 Å². The van der Waals surface area contributed by atoms with Gasteiger partial charge in [0.05, 0.1) is 12.1 Å². The third kappa shape index (κ3) is 3.68. The third-order valence-corrected chi connectivity index (χ3v) is 6.35. The van der Waals surface area contributed by atoms with Gasteiger partial charge in [-0.2, -0.15) is 5.10 Å². The topological polar surface area (TPSA) is 77.0 Å². The predicted molar refractivity (Wildman–Crippen MR) is 114 cm³/mol. The van der Waals surface area contributed by atoms with Crippen LogP contribution in [0.3, 0.4) is 0 Å². The molecule has 1 saturated heterocycles. The first kappa shape index (κ1) is 20.0. The summed E-state index contributed by atoms with van der Waals surface area (Å²) in [6.45, 7) is 6.14. The fourth-order valence-corrected chi connectivity index (χ4v) is 4.88. The number of nitrogens with one attached hydrogen (secondary N) is 2. The van der Waals surface area contributed by atoms with E-state index in [1.165, 1.54) is 0 Å².